The summed E-state index contributed by atoms with van der Waals surface area (Å²) in [6.45, 7) is 8.11. The fourth-order valence-corrected chi connectivity index (χ4v) is 6.11. The van der Waals surface area contributed by atoms with E-state index >= 15 is 0 Å². The first-order valence-corrected chi connectivity index (χ1v) is 20.6. The van der Waals surface area contributed by atoms with Crippen LogP contribution in [0.3, 0.4) is 0 Å². The molecule has 60 heavy (non-hydrogen) atoms. The van der Waals surface area contributed by atoms with Crippen molar-refractivity contribution in [1.29, 1.82) is 0 Å². The van der Waals surface area contributed by atoms with Crippen LogP contribution < -0.4 is 23.7 Å². The molecule has 5 rings (SSSR count). The molecule has 0 radical (unpaired) electrons. The van der Waals surface area contributed by atoms with Gasteiger partial charge in [0.1, 0.15) is 28.7 Å². The Bertz CT molecular complexity index is 1970. The summed E-state index contributed by atoms with van der Waals surface area (Å²) < 4.78 is 44.6. The lowest BCUT2D eigenvalue weighted by Crippen LogP contribution is -2.22. The fourth-order valence-electron chi connectivity index (χ4n) is 6.11. The minimum absolute atomic E-state index is 0.0343. The molecule has 318 valence electrons. The van der Waals surface area contributed by atoms with Crippen LogP contribution >= 0.6 is 0 Å². The van der Waals surface area contributed by atoms with E-state index in [0.717, 1.165) is 83.5 Å². The summed E-state index contributed by atoms with van der Waals surface area (Å²) in [5.74, 6) is 0.0648. The van der Waals surface area contributed by atoms with Crippen molar-refractivity contribution < 1.29 is 57.1 Å². The lowest BCUT2D eigenvalue weighted by atomic mass is 10.2. The highest BCUT2D eigenvalue weighted by Gasteiger charge is 2.16. The molecule has 0 saturated carbocycles. The molecular formula is C48H54O12. The molecular weight excluding hydrogens is 769 g/mol. The highest BCUT2D eigenvalue weighted by Crippen LogP contribution is 2.26. The van der Waals surface area contributed by atoms with E-state index < -0.39 is 23.9 Å². The average Bonchev–Trinajstić information content (AvgIpc) is 3.27. The maximum absolute atomic E-state index is 12.9. The molecule has 0 aliphatic carbocycles. The molecule has 1 fully saturated rings. The van der Waals surface area contributed by atoms with Crippen LogP contribution in [0.25, 0.3) is 0 Å². The Kier molecular flexibility index (Phi) is 18.7. The van der Waals surface area contributed by atoms with Crippen LogP contribution in [0.2, 0.25) is 0 Å². The Hall–Kier alpha value is -5.98. The summed E-state index contributed by atoms with van der Waals surface area (Å²) in [7, 11) is 0. The zero-order valence-corrected chi connectivity index (χ0v) is 34.2. The monoisotopic (exact) mass is 822 g/mol. The van der Waals surface area contributed by atoms with E-state index in [9.17, 15) is 19.2 Å². The number of hydrogen-bond donors (Lipinski definition) is 0. The van der Waals surface area contributed by atoms with E-state index in [-0.39, 0.29) is 17.6 Å². The van der Waals surface area contributed by atoms with Gasteiger partial charge in [0, 0.05) is 19.3 Å². The number of esters is 4. The molecule has 4 aromatic carbocycles. The summed E-state index contributed by atoms with van der Waals surface area (Å²) >= 11 is 0. The van der Waals surface area contributed by atoms with Gasteiger partial charge in [0.15, 0.2) is 6.29 Å². The summed E-state index contributed by atoms with van der Waals surface area (Å²) in [6.07, 6.45) is 11.9. The van der Waals surface area contributed by atoms with E-state index in [1.54, 1.807) is 73.7 Å². The highest BCUT2D eigenvalue weighted by molar-refractivity contribution is 5.93. The average molecular weight is 823 g/mol. The van der Waals surface area contributed by atoms with Crippen LogP contribution in [0.5, 0.6) is 28.7 Å². The molecule has 0 amide bonds. The zero-order chi connectivity index (χ0) is 42.4. The van der Waals surface area contributed by atoms with Crippen LogP contribution in [0.1, 0.15) is 107 Å². The van der Waals surface area contributed by atoms with Crippen LogP contribution in [0, 0.1) is 6.92 Å². The fraction of sp³-hybridized carbons (Fsp3) is 0.375. The number of hydrogen-bond acceptors (Lipinski definition) is 12. The number of carbonyl (C=O) groups excluding carboxylic acids is 4. The number of ether oxygens (including phenoxy) is 8. The molecule has 1 aliphatic heterocycles. The second-order valence-corrected chi connectivity index (χ2v) is 14.2. The smallest absolute Gasteiger partial charge is 0.343 e. The van der Waals surface area contributed by atoms with Crippen molar-refractivity contribution in [2.24, 2.45) is 0 Å². The molecule has 1 aliphatic rings. The second kappa shape index (κ2) is 24.8. The van der Waals surface area contributed by atoms with Crippen molar-refractivity contribution in [2.75, 3.05) is 33.0 Å². The predicted octanol–water partition coefficient (Wildman–Crippen LogP) is 9.80. The number of benzene rings is 4. The quantitative estimate of drug-likeness (QED) is 0.0287. The third kappa shape index (κ3) is 15.6. The van der Waals surface area contributed by atoms with Crippen LogP contribution in [-0.2, 0) is 19.0 Å². The standard InChI is InChI=1S/C48H54O12/c1-3-44(49)55-31-11-6-4-9-29-53-40-23-17-37(18-24-40)47(51)59-42-27-28-43(35(2)34-42)60-48(52)38-19-25-41(26-20-38)58-46(50)36-15-21-39(22-16-36)54-30-10-5-7-12-32-56-45-14-8-13-33-57-45/h3,15-28,34,45H,1,4-14,29-33H2,2H3. The van der Waals surface area contributed by atoms with Gasteiger partial charge < -0.3 is 37.9 Å². The molecule has 12 nitrogen and oxygen atoms in total. The molecule has 12 heteroatoms. The van der Waals surface area contributed by atoms with Gasteiger partial charge in [-0.05, 0) is 168 Å². The van der Waals surface area contributed by atoms with E-state index in [1.807, 2.05) is 0 Å². The Morgan fingerprint density at radius 3 is 1.58 bits per heavy atom. The molecule has 4 aromatic rings. The summed E-state index contributed by atoms with van der Waals surface area (Å²) in [4.78, 5) is 49.6. The summed E-state index contributed by atoms with van der Waals surface area (Å²) in [6, 6.07) is 24.2. The van der Waals surface area contributed by atoms with Gasteiger partial charge in [-0.2, -0.15) is 0 Å². The molecule has 1 atom stereocenters. The first kappa shape index (κ1) is 45.1. The Balaban J connectivity index is 0.969. The Morgan fingerprint density at radius 2 is 1.07 bits per heavy atom. The van der Waals surface area contributed by atoms with E-state index in [1.165, 1.54) is 30.7 Å². The van der Waals surface area contributed by atoms with Crippen molar-refractivity contribution in [3.63, 3.8) is 0 Å². The van der Waals surface area contributed by atoms with Gasteiger partial charge in [0.25, 0.3) is 0 Å². The van der Waals surface area contributed by atoms with Gasteiger partial charge in [0.2, 0.25) is 0 Å². The number of aryl methyl sites for hydroxylation is 1. The minimum Gasteiger partial charge on any atom is -0.494 e. The maximum Gasteiger partial charge on any atom is 0.343 e. The maximum atomic E-state index is 12.9. The lowest BCUT2D eigenvalue weighted by Gasteiger charge is -2.22. The largest absolute Gasteiger partial charge is 0.494 e. The van der Waals surface area contributed by atoms with Crippen LogP contribution in [0.15, 0.2) is 104 Å². The summed E-state index contributed by atoms with van der Waals surface area (Å²) in [5, 5.41) is 0. The Morgan fingerprint density at radius 1 is 0.583 bits per heavy atom. The van der Waals surface area contributed by atoms with Gasteiger partial charge in [-0.1, -0.05) is 13.0 Å². The van der Waals surface area contributed by atoms with E-state index in [4.69, 9.17) is 37.9 Å². The topological polar surface area (TPSA) is 142 Å². The molecule has 0 aromatic heterocycles. The van der Waals surface area contributed by atoms with Gasteiger partial charge in [-0.25, -0.2) is 19.2 Å². The predicted molar refractivity (Wildman–Crippen MR) is 224 cm³/mol. The second-order valence-electron chi connectivity index (χ2n) is 14.2. The normalized spacial score (nSPS) is 13.4. The summed E-state index contributed by atoms with van der Waals surface area (Å²) in [5.41, 5.74) is 1.55. The third-order valence-electron chi connectivity index (χ3n) is 9.51. The molecule has 1 saturated heterocycles. The van der Waals surface area contributed by atoms with Crippen molar-refractivity contribution in [2.45, 2.75) is 83.8 Å². The van der Waals surface area contributed by atoms with Crippen LogP contribution in [-0.4, -0.2) is 63.2 Å². The molecule has 1 heterocycles. The lowest BCUT2D eigenvalue weighted by molar-refractivity contribution is -0.162. The van der Waals surface area contributed by atoms with E-state index in [0.29, 0.717) is 59.5 Å². The molecule has 0 bridgehead atoms. The van der Waals surface area contributed by atoms with Gasteiger partial charge >= 0.3 is 23.9 Å². The van der Waals surface area contributed by atoms with Crippen molar-refractivity contribution in [3.05, 3.63) is 126 Å². The van der Waals surface area contributed by atoms with Crippen molar-refractivity contribution >= 4 is 23.9 Å². The molecule has 0 N–H and O–H groups in total. The first-order chi connectivity index (χ1) is 29.3. The zero-order valence-electron chi connectivity index (χ0n) is 34.2. The van der Waals surface area contributed by atoms with Crippen LogP contribution in [0.4, 0.5) is 0 Å². The molecule has 0 spiro atoms. The Labute approximate surface area is 351 Å². The van der Waals surface area contributed by atoms with Gasteiger partial charge in [-0.15, -0.1) is 0 Å². The number of carbonyl (C=O) groups is 4. The molecule has 1 unspecified atom stereocenters. The third-order valence-corrected chi connectivity index (χ3v) is 9.51. The van der Waals surface area contributed by atoms with Crippen molar-refractivity contribution in [1.82, 2.24) is 0 Å². The first-order valence-electron chi connectivity index (χ1n) is 20.6. The van der Waals surface area contributed by atoms with E-state index in [2.05, 4.69) is 6.58 Å². The van der Waals surface area contributed by atoms with Crippen molar-refractivity contribution in [3.8, 4) is 28.7 Å². The SMILES string of the molecule is C=CC(=O)OCCCCCCOc1ccc(C(=O)Oc2ccc(OC(=O)c3ccc(OC(=O)c4ccc(OCCCCCCOC5CCCCO5)cc4)cc3)c(C)c2)cc1. The van der Waals surface area contributed by atoms with Gasteiger partial charge in [0.05, 0.1) is 36.5 Å². The number of unbranched alkanes of at least 4 members (excludes halogenated alkanes) is 6. The highest BCUT2D eigenvalue weighted by atomic mass is 16.7. The van der Waals surface area contributed by atoms with Gasteiger partial charge in [-0.3, -0.25) is 0 Å². The minimum atomic E-state index is -0.607. The number of rotatable bonds is 24.